The largest absolute Gasteiger partial charge is 0.508 e. The van der Waals surface area contributed by atoms with E-state index >= 15 is 0 Å². The highest BCUT2D eigenvalue weighted by Gasteiger charge is 2.34. The van der Waals surface area contributed by atoms with Gasteiger partial charge in [-0.25, -0.2) is 0 Å². The summed E-state index contributed by atoms with van der Waals surface area (Å²) in [4.78, 5) is 0. The molecule has 96 valence electrons. The van der Waals surface area contributed by atoms with Crippen LogP contribution in [0, 0.1) is 6.92 Å². The molecule has 0 amide bonds. The fraction of sp³-hybridized carbons (Fsp3) is 0.571. The molecule has 1 rings (SSSR count). The third-order valence-electron chi connectivity index (χ3n) is 3.49. The van der Waals surface area contributed by atoms with Crippen molar-refractivity contribution in [3.63, 3.8) is 0 Å². The molecule has 0 bridgehead atoms. The normalized spacial score (nSPS) is 12.8. The summed E-state index contributed by atoms with van der Waals surface area (Å²) in [5.74, 6) is 0.287. The van der Waals surface area contributed by atoms with E-state index in [1.807, 2.05) is 32.9 Å². The highest BCUT2D eigenvalue weighted by molar-refractivity contribution is 5.35. The first kappa shape index (κ1) is 14.0. The van der Waals surface area contributed by atoms with Crippen LogP contribution in [0.3, 0.4) is 0 Å². The van der Waals surface area contributed by atoms with Crippen LogP contribution in [0.4, 0.5) is 0 Å². The van der Waals surface area contributed by atoms with Crippen LogP contribution < -0.4 is 5.32 Å². The summed E-state index contributed by atoms with van der Waals surface area (Å²) in [6, 6.07) is 5.52. The lowest BCUT2D eigenvalue weighted by atomic mass is 9.86. The molecule has 3 N–H and O–H groups in total. The van der Waals surface area contributed by atoms with E-state index in [9.17, 15) is 10.2 Å². The third kappa shape index (κ3) is 3.45. The second-order valence-electron chi connectivity index (χ2n) is 5.67. The van der Waals surface area contributed by atoms with Crippen LogP contribution in [-0.4, -0.2) is 21.4 Å². The van der Waals surface area contributed by atoms with Gasteiger partial charge in [0.05, 0.1) is 5.60 Å². The van der Waals surface area contributed by atoms with Crippen LogP contribution >= 0.6 is 0 Å². The fourth-order valence-corrected chi connectivity index (χ4v) is 1.39. The second kappa shape index (κ2) is 4.67. The molecule has 0 radical (unpaired) electrons. The number of phenolic OH excluding ortho intramolecular Hbond substituents is 1. The molecular formula is C14H23NO2. The smallest absolute Gasteiger partial charge is 0.120 e. The molecule has 0 aliphatic rings. The van der Waals surface area contributed by atoms with Crippen LogP contribution in [-0.2, 0) is 6.54 Å². The molecule has 0 spiro atoms. The van der Waals surface area contributed by atoms with Gasteiger partial charge in [0.1, 0.15) is 5.75 Å². The number of hydrogen-bond acceptors (Lipinski definition) is 3. The molecule has 1 aromatic rings. The number of hydrogen-bond donors (Lipinski definition) is 3. The first-order chi connectivity index (χ1) is 7.63. The lowest BCUT2D eigenvalue weighted by Crippen LogP contribution is -2.55. The number of aliphatic hydroxyl groups is 1. The van der Waals surface area contributed by atoms with E-state index < -0.39 is 11.1 Å². The van der Waals surface area contributed by atoms with Gasteiger partial charge < -0.3 is 15.5 Å². The van der Waals surface area contributed by atoms with Gasteiger partial charge in [-0.2, -0.15) is 0 Å². The molecule has 3 heteroatoms. The van der Waals surface area contributed by atoms with E-state index in [1.165, 1.54) is 0 Å². The SMILES string of the molecule is Cc1ccc(O)c(CNC(C)(C)C(C)(C)O)c1. The quantitative estimate of drug-likeness (QED) is 0.753. The number of rotatable bonds is 4. The third-order valence-corrected chi connectivity index (χ3v) is 3.49. The maximum atomic E-state index is 10.0. The van der Waals surface area contributed by atoms with Crippen LogP contribution in [0.5, 0.6) is 5.75 Å². The molecule has 0 unspecified atom stereocenters. The first-order valence-corrected chi connectivity index (χ1v) is 5.89. The molecule has 0 heterocycles. The van der Waals surface area contributed by atoms with E-state index in [2.05, 4.69) is 5.32 Å². The molecular weight excluding hydrogens is 214 g/mol. The van der Waals surface area contributed by atoms with Crippen molar-refractivity contribution < 1.29 is 10.2 Å². The minimum Gasteiger partial charge on any atom is -0.508 e. The Labute approximate surface area is 103 Å². The zero-order valence-corrected chi connectivity index (χ0v) is 11.3. The number of phenols is 1. The van der Waals surface area contributed by atoms with Gasteiger partial charge in [-0.15, -0.1) is 0 Å². The first-order valence-electron chi connectivity index (χ1n) is 5.89. The molecule has 0 saturated heterocycles. The number of aryl methyl sites for hydroxylation is 1. The van der Waals surface area contributed by atoms with E-state index in [4.69, 9.17) is 0 Å². The van der Waals surface area contributed by atoms with Crippen molar-refractivity contribution in [3.8, 4) is 5.75 Å². The Balaban J connectivity index is 2.77. The average molecular weight is 237 g/mol. The number of aromatic hydroxyl groups is 1. The van der Waals surface area contributed by atoms with Gasteiger partial charge >= 0.3 is 0 Å². The standard InChI is InChI=1S/C14H23NO2/c1-10-6-7-12(16)11(8-10)9-15-13(2,3)14(4,5)17/h6-8,15-17H,9H2,1-5H3. The zero-order valence-electron chi connectivity index (χ0n) is 11.3. The van der Waals surface area contributed by atoms with E-state index in [-0.39, 0.29) is 5.75 Å². The number of benzene rings is 1. The van der Waals surface area contributed by atoms with Crippen molar-refractivity contribution in [3.05, 3.63) is 29.3 Å². The topological polar surface area (TPSA) is 52.5 Å². The van der Waals surface area contributed by atoms with Gasteiger partial charge in [-0.3, -0.25) is 0 Å². The monoisotopic (exact) mass is 237 g/mol. The maximum absolute atomic E-state index is 10.0. The van der Waals surface area contributed by atoms with Gasteiger partial charge in [0, 0.05) is 17.6 Å². The van der Waals surface area contributed by atoms with E-state index in [1.54, 1.807) is 19.9 Å². The summed E-state index contributed by atoms with van der Waals surface area (Å²) >= 11 is 0. The molecule has 0 aliphatic heterocycles. The van der Waals surface area contributed by atoms with Crippen molar-refractivity contribution in [1.29, 1.82) is 0 Å². The highest BCUT2D eigenvalue weighted by atomic mass is 16.3. The fourth-order valence-electron chi connectivity index (χ4n) is 1.39. The highest BCUT2D eigenvalue weighted by Crippen LogP contribution is 2.23. The van der Waals surface area contributed by atoms with Crippen LogP contribution in [0.1, 0.15) is 38.8 Å². The Morgan fingerprint density at radius 2 is 1.76 bits per heavy atom. The van der Waals surface area contributed by atoms with Gasteiger partial charge in [-0.1, -0.05) is 17.7 Å². The maximum Gasteiger partial charge on any atom is 0.120 e. The van der Waals surface area contributed by atoms with E-state index in [0.717, 1.165) is 11.1 Å². The predicted octanol–water partition coefficient (Wildman–Crippen LogP) is 2.34. The average Bonchev–Trinajstić information content (AvgIpc) is 2.18. The van der Waals surface area contributed by atoms with Gasteiger partial charge in [-0.05, 0) is 40.7 Å². The summed E-state index contributed by atoms with van der Waals surface area (Å²) in [6.45, 7) is 9.96. The molecule has 0 aromatic heterocycles. The van der Waals surface area contributed by atoms with Crippen molar-refractivity contribution in [2.75, 3.05) is 0 Å². The summed E-state index contributed by atoms with van der Waals surface area (Å²) < 4.78 is 0. The molecule has 0 aliphatic carbocycles. The Hall–Kier alpha value is -1.06. The van der Waals surface area contributed by atoms with Crippen molar-refractivity contribution in [2.45, 2.75) is 52.3 Å². The minimum atomic E-state index is -0.827. The van der Waals surface area contributed by atoms with Crippen LogP contribution in [0.25, 0.3) is 0 Å². The van der Waals surface area contributed by atoms with Crippen molar-refractivity contribution >= 4 is 0 Å². The second-order valence-corrected chi connectivity index (χ2v) is 5.67. The van der Waals surface area contributed by atoms with Crippen molar-refractivity contribution in [1.82, 2.24) is 5.32 Å². The Morgan fingerprint density at radius 1 is 1.18 bits per heavy atom. The molecule has 0 saturated carbocycles. The van der Waals surface area contributed by atoms with Crippen molar-refractivity contribution in [2.24, 2.45) is 0 Å². The summed E-state index contributed by atoms with van der Waals surface area (Å²) in [6.07, 6.45) is 0. The summed E-state index contributed by atoms with van der Waals surface area (Å²) in [7, 11) is 0. The molecule has 17 heavy (non-hydrogen) atoms. The molecule has 3 nitrogen and oxygen atoms in total. The Kier molecular flexibility index (Phi) is 3.84. The molecule has 1 aromatic carbocycles. The van der Waals surface area contributed by atoms with Gasteiger partial charge in [0.2, 0.25) is 0 Å². The lowest BCUT2D eigenvalue weighted by Gasteiger charge is -2.38. The molecule has 0 fully saturated rings. The molecule has 0 atom stereocenters. The van der Waals surface area contributed by atoms with Gasteiger partial charge in [0.15, 0.2) is 0 Å². The summed E-state index contributed by atoms with van der Waals surface area (Å²) in [5.41, 5.74) is 0.707. The van der Waals surface area contributed by atoms with Crippen LogP contribution in [0.15, 0.2) is 18.2 Å². The number of nitrogens with one attached hydrogen (secondary N) is 1. The Morgan fingerprint density at radius 3 is 2.29 bits per heavy atom. The summed E-state index contributed by atoms with van der Waals surface area (Å²) in [5, 5.41) is 23.0. The lowest BCUT2D eigenvalue weighted by molar-refractivity contribution is -0.00539. The van der Waals surface area contributed by atoms with Gasteiger partial charge in [0.25, 0.3) is 0 Å². The van der Waals surface area contributed by atoms with Crippen LogP contribution in [0.2, 0.25) is 0 Å². The zero-order chi connectivity index (χ0) is 13.3. The minimum absolute atomic E-state index is 0.287. The predicted molar refractivity (Wildman–Crippen MR) is 70.1 cm³/mol. The Bertz CT molecular complexity index is 392. The van der Waals surface area contributed by atoms with E-state index in [0.29, 0.717) is 6.54 Å².